The fourth-order valence-corrected chi connectivity index (χ4v) is 1.15. The fraction of sp³-hybridized carbons (Fsp3) is 0.182. The first kappa shape index (κ1) is 10.8. The van der Waals surface area contributed by atoms with Gasteiger partial charge in [0.1, 0.15) is 0 Å². The maximum absolute atomic E-state index is 10.7. The van der Waals surface area contributed by atoms with Crippen LogP contribution in [0.4, 0.5) is 0 Å². The van der Waals surface area contributed by atoms with Gasteiger partial charge in [0.05, 0.1) is 6.54 Å². The molecule has 1 N–H and O–H groups in total. The van der Waals surface area contributed by atoms with Crippen molar-refractivity contribution < 1.29 is 4.79 Å². The molecule has 1 aromatic rings. The Morgan fingerprint density at radius 3 is 3.00 bits per heavy atom. The van der Waals surface area contributed by atoms with E-state index in [0.29, 0.717) is 22.7 Å². The second-order valence-electron chi connectivity index (χ2n) is 2.68. The molecule has 0 unspecified atom stereocenters. The Kier molecular flexibility index (Phi) is 4.18. The molecule has 1 rings (SSSR count). The van der Waals surface area contributed by atoms with E-state index >= 15 is 0 Å². The molecule has 3 heteroatoms. The Morgan fingerprint density at radius 2 is 2.36 bits per heavy atom. The van der Waals surface area contributed by atoms with Crippen LogP contribution in [-0.2, 0) is 0 Å². The van der Waals surface area contributed by atoms with Crippen LogP contribution < -0.4 is 5.32 Å². The molecule has 0 amide bonds. The van der Waals surface area contributed by atoms with E-state index in [9.17, 15) is 4.79 Å². The highest BCUT2D eigenvalue weighted by molar-refractivity contribution is 6.30. The van der Waals surface area contributed by atoms with Crippen LogP contribution in [0.3, 0.4) is 0 Å². The lowest BCUT2D eigenvalue weighted by atomic mass is 10.1. The van der Waals surface area contributed by atoms with Gasteiger partial charge in [0.15, 0.2) is 6.29 Å². The van der Waals surface area contributed by atoms with Crippen molar-refractivity contribution in [3.63, 3.8) is 0 Å². The van der Waals surface area contributed by atoms with Gasteiger partial charge in [-0.15, -0.1) is 0 Å². The average molecular weight is 208 g/mol. The first-order valence-corrected chi connectivity index (χ1v) is 4.54. The average Bonchev–Trinajstić information content (AvgIpc) is 2.20. The molecule has 0 aliphatic carbocycles. The summed E-state index contributed by atoms with van der Waals surface area (Å²) >= 11 is 5.74. The number of benzene rings is 1. The van der Waals surface area contributed by atoms with E-state index in [1.54, 1.807) is 18.2 Å². The van der Waals surface area contributed by atoms with Crippen molar-refractivity contribution >= 4 is 17.9 Å². The molecule has 72 valence electrons. The maximum Gasteiger partial charge on any atom is 0.151 e. The molecule has 0 aliphatic heterocycles. The number of aldehydes is 1. The standard InChI is InChI=1S/C11H10ClNO/c1-13-6-2-3-9-4-5-11(12)7-10(9)8-14/h4-5,7-8,13H,6H2,1H3. The highest BCUT2D eigenvalue weighted by Crippen LogP contribution is 2.13. The minimum atomic E-state index is 0.529. The number of carbonyl (C=O) groups is 1. The van der Waals surface area contributed by atoms with Crippen LogP contribution in [0.5, 0.6) is 0 Å². The topological polar surface area (TPSA) is 29.1 Å². The van der Waals surface area contributed by atoms with Crippen LogP contribution in [0.15, 0.2) is 18.2 Å². The Balaban J connectivity index is 2.98. The van der Waals surface area contributed by atoms with Crippen LogP contribution in [0.2, 0.25) is 5.02 Å². The van der Waals surface area contributed by atoms with Crippen molar-refractivity contribution in [2.45, 2.75) is 0 Å². The molecule has 0 saturated heterocycles. The van der Waals surface area contributed by atoms with Crippen LogP contribution in [0.25, 0.3) is 0 Å². The number of nitrogens with one attached hydrogen (secondary N) is 1. The summed E-state index contributed by atoms with van der Waals surface area (Å²) in [6.45, 7) is 0.598. The van der Waals surface area contributed by atoms with Crippen LogP contribution in [0, 0.1) is 11.8 Å². The van der Waals surface area contributed by atoms with Crippen molar-refractivity contribution in [1.82, 2.24) is 5.32 Å². The quantitative estimate of drug-likeness (QED) is 0.591. The van der Waals surface area contributed by atoms with Crippen molar-refractivity contribution in [1.29, 1.82) is 0 Å². The summed E-state index contributed by atoms with van der Waals surface area (Å²) in [6, 6.07) is 5.07. The normalized spacial score (nSPS) is 9.00. The molecular weight excluding hydrogens is 198 g/mol. The number of carbonyl (C=O) groups excluding carboxylic acids is 1. The third-order valence-corrected chi connectivity index (χ3v) is 1.86. The van der Waals surface area contributed by atoms with Crippen molar-refractivity contribution in [2.75, 3.05) is 13.6 Å². The first-order chi connectivity index (χ1) is 6.77. The molecule has 0 saturated carbocycles. The number of halogens is 1. The molecule has 0 heterocycles. The zero-order valence-corrected chi connectivity index (χ0v) is 8.56. The predicted molar refractivity (Wildman–Crippen MR) is 57.6 cm³/mol. The Labute approximate surface area is 88.3 Å². The lowest BCUT2D eigenvalue weighted by molar-refractivity contribution is 0.112. The van der Waals surface area contributed by atoms with Gasteiger partial charge in [-0.3, -0.25) is 4.79 Å². The monoisotopic (exact) mass is 207 g/mol. The lowest BCUT2D eigenvalue weighted by Crippen LogP contribution is -2.04. The molecule has 0 atom stereocenters. The molecule has 1 aromatic carbocycles. The van der Waals surface area contributed by atoms with Crippen LogP contribution in [0.1, 0.15) is 15.9 Å². The third kappa shape index (κ3) is 2.88. The molecule has 14 heavy (non-hydrogen) atoms. The Morgan fingerprint density at radius 1 is 1.57 bits per heavy atom. The minimum absolute atomic E-state index is 0.529. The lowest BCUT2D eigenvalue weighted by Gasteiger charge is -1.96. The highest BCUT2D eigenvalue weighted by atomic mass is 35.5. The molecule has 0 fully saturated rings. The van der Waals surface area contributed by atoms with E-state index in [4.69, 9.17) is 11.6 Å². The van der Waals surface area contributed by atoms with Gasteiger partial charge in [0, 0.05) is 16.1 Å². The van der Waals surface area contributed by atoms with Crippen LogP contribution >= 0.6 is 11.6 Å². The second-order valence-corrected chi connectivity index (χ2v) is 3.12. The number of hydrogen-bond donors (Lipinski definition) is 1. The summed E-state index contributed by atoms with van der Waals surface area (Å²) in [4.78, 5) is 10.7. The first-order valence-electron chi connectivity index (χ1n) is 4.16. The van der Waals surface area contributed by atoms with E-state index in [-0.39, 0.29) is 0 Å². The zero-order chi connectivity index (χ0) is 10.4. The molecule has 2 nitrogen and oxygen atoms in total. The van der Waals surface area contributed by atoms with Crippen LogP contribution in [-0.4, -0.2) is 19.9 Å². The second kappa shape index (κ2) is 5.43. The van der Waals surface area contributed by atoms with E-state index in [1.807, 2.05) is 7.05 Å². The summed E-state index contributed by atoms with van der Waals surface area (Å²) in [7, 11) is 1.82. The van der Waals surface area contributed by atoms with Crippen molar-refractivity contribution in [3.05, 3.63) is 34.3 Å². The van der Waals surface area contributed by atoms with E-state index in [2.05, 4.69) is 17.2 Å². The van der Waals surface area contributed by atoms with Crippen molar-refractivity contribution in [2.24, 2.45) is 0 Å². The largest absolute Gasteiger partial charge is 0.309 e. The van der Waals surface area contributed by atoms with Gasteiger partial charge in [-0.25, -0.2) is 0 Å². The van der Waals surface area contributed by atoms with Gasteiger partial charge in [0.2, 0.25) is 0 Å². The van der Waals surface area contributed by atoms with Gasteiger partial charge < -0.3 is 5.32 Å². The van der Waals surface area contributed by atoms with E-state index in [1.165, 1.54) is 0 Å². The summed E-state index contributed by atoms with van der Waals surface area (Å²) < 4.78 is 0. The maximum atomic E-state index is 10.7. The van der Waals surface area contributed by atoms with E-state index in [0.717, 1.165) is 6.29 Å². The molecular formula is C11H10ClNO. The summed E-state index contributed by atoms with van der Waals surface area (Å²) in [5, 5.41) is 3.45. The number of rotatable bonds is 2. The third-order valence-electron chi connectivity index (χ3n) is 1.63. The smallest absolute Gasteiger partial charge is 0.151 e. The summed E-state index contributed by atoms with van der Waals surface area (Å²) in [5.74, 6) is 5.77. The molecule has 0 bridgehead atoms. The zero-order valence-electron chi connectivity index (χ0n) is 7.80. The Bertz CT molecular complexity index is 390. The van der Waals surface area contributed by atoms with Gasteiger partial charge in [-0.2, -0.15) is 0 Å². The van der Waals surface area contributed by atoms with Gasteiger partial charge in [-0.1, -0.05) is 23.4 Å². The Hall–Kier alpha value is -1.30. The van der Waals surface area contributed by atoms with Gasteiger partial charge >= 0.3 is 0 Å². The predicted octanol–water partition coefficient (Wildman–Crippen LogP) is 1.72. The number of hydrogen-bond acceptors (Lipinski definition) is 2. The minimum Gasteiger partial charge on any atom is -0.309 e. The van der Waals surface area contributed by atoms with E-state index < -0.39 is 0 Å². The fourth-order valence-electron chi connectivity index (χ4n) is 0.973. The highest BCUT2D eigenvalue weighted by Gasteiger charge is 1.98. The van der Waals surface area contributed by atoms with Crippen molar-refractivity contribution in [3.8, 4) is 11.8 Å². The summed E-state index contributed by atoms with van der Waals surface area (Å²) in [5.41, 5.74) is 1.24. The summed E-state index contributed by atoms with van der Waals surface area (Å²) in [6.07, 6.45) is 0.759. The van der Waals surface area contributed by atoms with Gasteiger partial charge in [-0.05, 0) is 25.2 Å². The molecule has 0 aliphatic rings. The molecule has 0 spiro atoms. The molecule has 0 aromatic heterocycles. The molecule has 0 radical (unpaired) electrons. The SMILES string of the molecule is CNCC#Cc1ccc(Cl)cc1C=O. The van der Waals surface area contributed by atoms with Gasteiger partial charge in [0.25, 0.3) is 0 Å².